The Bertz CT molecular complexity index is 1260. The Labute approximate surface area is 223 Å². The number of imidazole rings is 1. The molecule has 1 aromatic carbocycles. The first kappa shape index (κ1) is 26.5. The second-order valence-corrected chi connectivity index (χ2v) is 10.1. The SMILES string of the molecule is CSCC[C@H](N)C(=O)N1CCN(c2nc(N3CCOCC3)nc(-n3c(C(F)F)nc4ccccc43)n2)CC1. The van der Waals surface area contributed by atoms with E-state index in [1.54, 1.807) is 40.9 Å². The van der Waals surface area contributed by atoms with Gasteiger partial charge in [-0.25, -0.2) is 13.8 Å². The number of nitrogens with zero attached hydrogens (tertiary/aromatic N) is 8. The van der Waals surface area contributed by atoms with Gasteiger partial charge in [-0.1, -0.05) is 12.1 Å². The van der Waals surface area contributed by atoms with E-state index in [1.807, 2.05) is 16.1 Å². The molecule has 11 nitrogen and oxygen atoms in total. The summed E-state index contributed by atoms with van der Waals surface area (Å²) in [6.07, 6.45) is -0.203. The average molecular weight is 548 g/mol. The number of alkyl halides is 2. The monoisotopic (exact) mass is 547 g/mol. The number of hydrogen-bond acceptors (Lipinski definition) is 10. The van der Waals surface area contributed by atoms with Gasteiger partial charge in [-0.2, -0.15) is 26.7 Å². The lowest BCUT2D eigenvalue weighted by molar-refractivity contribution is -0.132. The number of nitrogens with two attached hydrogens (primary N) is 1. The first-order chi connectivity index (χ1) is 18.5. The maximum atomic E-state index is 14.1. The van der Waals surface area contributed by atoms with Crippen LogP contribution >= 0.6 is 11.8 Å². The summed E-state index contributed by atoms with van der Waals surface area (Å²) in [6.45, 7) is 4.09. The molecule has 14 heteroatoms. The highest BCUT2D eigenvalue weighted by Crippen LogP contribution is 2.28. The Morgan fingerprint density at radius 1 is 0.974 bits per heavy atom. The van der Waals surface area contributed by atoms with Crippen LogP contribution < -0.4 is 15.5 Å². The van der Waals surface area contributed by atoms with E-state index in [-0.39, 0.29) is 11.9 Å². The standard InChI is InChI=1S/C24H31F2N9O2S/c1-38-15-6-16(27)21(36)32-7-9-33(10-8-32)22-29-23(34-11-13-37-14-12-34)31-24(30-22)35-18-5-3-2-4-17(18)28-20(35)19(25)26/h2-5,16,19H,6-15,27H2,1H3/t16-/m0/s1. The third-order valence-electron chi connectivity index (χ3n) is 6.70. The van der Waals surface area contributed by atoms with Crippen LogP contribution in [-0.2, 0) is 9.53 Å². The maximum Gasteiger partial charge on any atom is 0.296 e. The highest BCUT2D eigenvalue weighted by molar-refractivity contribution is 7.98. The van der Waals surface area contributed by atoms with Crippen LogP contribution in [0.4, 0.5) is 20.7 Å². The van der Waals surface area contributed by atoms with Crippen molar-refractivity contribution >= 4 is 40.6 Å². The zero-order valence-corrected chi connectivity index (χ0v) is 22.0. The van der Waals surface area contributed by atoms with Crippen LogP contribution in [0.25, 0.3) is 17.0 Å². The molecule has 0 saturated carbocycles. The lowest BCUT2D eigenvalue weighted by atomic mass is 10.2. The summed E-state index contributed by atoms with van der Waals surface area (Å²) in [4.78, 5) is 36.6. The molecule has 38 heavy (non-hydrogen) atoms. The first-order valence-electron chi connectivity index (χ1n) is 12.6. The number of morpholine rings is 1. The highest BCUT2D eigenvalue weighted by Gasteiger charge is 2.29. The van der Waals surface area contributed by atoms with Crippen molar-refractivity contribution in [1.29, 1.82) is 0 Å². The normalized spacial score (nSPS) is 17.4. The van der Waals surface area contributed by atoms with E-state index in [9.17, 15) is 13.6 Å². The van der Waals surface area contributed by atoms with Crippen molar-refractivity contribution in [2.45, 2.75) is 18.9 Å². The van der Waals surface area contributed by atoms with Gasteiger partial charge in [-0.15, -0.1) is 0 Å². The molecular formula is C24H31F2N9O2S. The van der Waals surface area contributed by atoms with Gasteiger partial charge < -0.3 is 25.2 Å². The van der Waals surface area contributed by atoms with Crippen molar-refractivity contribution in [3.8, 4) is 5.95 Å². The number of rotatable bonds is 8. The molecule has 1 amide bonds. The molecule has 2 fully saturated rings. The van der Waals surface area contributed by atoms with E-state index in [4.69, 9.17) is 15.5 Å². The molecular weight excluding hydrogens is 516 g/mol. The molecule has 204 valence electrons. The molecule has 0 spiro atoms. The number of para-hydroxylation sites is 2. The minimum absolute atomic E-state index is 0.0597. The van der Waals surface area contributed by atoms with Crippen molar-refractivity contribution in [1.82, 2.24) is 29.4 Å². The largest absolute Gasteiger partial charge is 0.378 e. The van der Waals surface area contributed by atoms with Gasteiger partial charge in [0.25, 0.3) is 6.43 Å². The minimum Gasteiger partial charge on any atom is -0.378 e. The van der Waals surface area contributed by atoms with Crippen LogP contribution in [0.1, 0.15) is 18.7 Å². The van der Waals surface area contributed by atoms with E-state index in [0.717, 1.165) is 5.75 Å². The number of benzene rings is 1. The minimum atomic E-state index is -2.82. The van der Waals surface area contributed by atoms with E-state index >= 15 is 0 Å². The number of fused-ring (bicyclic) bond motifs is 1. The quantitative estimate of drug-likeness (QED) is 0.447. The smallest absolute Gasteiger partial charge is 0.296 e. The Morgan fingerprint density at radius 3 is 2.26 bits per heavy atom. The molecule has 0 bridgehead atoms. The van der Waals surface area contributed by atoms with Crippen LogP contribution in [0.3, 0.4) is 0 Å². The molecule has 2 aliphatic heterocycles. The van der Waals surface area contributed by atoms with Gasteiger partial charge in [-0.05, 0) is 30.6 Å². The highest BCUT2D eigenvalue weighted by atomic mass is 32.2. The third kappa shape index (κ3) is 5.52. The second kappa shape index (κ2) is 11.7. The number of hydrogen-bond donors (Lipinski definition) is 1. The van der Waals surface area contributed by atoms with E-state index in [2.05, 4.69) is 15.0 Å². The van der Waals surface area contributed by atoms with Crippen LogP contribution in [0.15, 0.2) is 24.3 Å². The van der Waals surface area contributed by atoms with Gasteiger partial charge in [0.1, 0.15) is 0 Å². The summed E-state index contributed by atoms with van der Waals surface area (Å²) in [7, 11) is 0. The van der Waals surface area contributed by atoms with Gasteiger partial charge >= 0.3 is 0 Å². The van der Waals surface area contributed by atoms with Crippen LogP contribution in [0, 0.1) is 0 Å². The predicted octanol–water partition coefficient (Wildman–Crippen LogP) is 1.71. The van der Waals surface area contributed by atoms with Crippen molar-refractivity contribution in [3.63, 3.8) is 0 Å². The number of carbonyl (C=O) groups excluding carboxylic acids is 1. The fourth-order valence-electron chi connectivity index (χ4n) is 4.62. The number of halogens is 2. The molecule has 5 rings (SSSR count). The number of thioether (sulfide) groups is 1. The molecule has 1 atom stereocenters. The van der Waals surface area contributed by atoms with Crippen LogP contribution in [0.2, 0.25) is 0 Å². The fraction of sp³-hybridized carbons (Fsp3) is 0.542. The molecule has 2 N–H and O–H groups in total. The molecule has 3 aromatic rings. The van der Waals surface area contributed by atoms with E-state index < -0.39 is 18.3 Å². The molecule has 4 heterocycles. The van der Waals surface area contributed by atoms with Crippen LogP contribution in [0.5, 0.6) is 0 Å². The Hall–Kier alpha value is -3.10. The number of aromatic nitrogens is 5. The van der Waals surface area contributed by atoms with Gasteiger partial charge in [0.2, 0.25) is 23.8 Å². The van der Waals surface area contributed by atoms with Crippen LogP contribution in [-0.4, -0.2) is 106 Å². The number of amides is 1. The van der Waals surface area contributed by atoms with Crippen molar-refractivity contribution in [2.24, 2.45) is 5.73 Å². The number of piperazine rings is 1. The average Bonchev–Trinajstić information content (AvgIpc) is 3.36. The Morgan fingerprint density at radius 2 is 1.61 bits per heavy atom. The zero-order valence-electron chi connectivity index (χ0n) is 21.2. The molecule has 2 saturated heterocycles. The van der Waals surface area contributed by atoms with Crippen molar-refractivity contribution in [2.75, 3.05) is 74.3 Å². The molecule has 2 aliphatic rings. The predicted molar refractivity (Wildman–Crippen MR) is 142 cm³/mol. The van der Waals surface area contributed by atoms with Gasteiger partial charge in [0.15, 0.2) is 5.82 Å². The summed E-state index contributed by atoms with van der Waals surface area (Å²) >= 11 is 1.66. The molecule has 2 aromatic heterocycles. The third-order valence-corrected chi connectivity index (χ3v) is 7.34. The van der Waals surface area contributed by atoms with E-state index in [1.165, 1.54) is 4.57 Å². The Kier molecular flexibility index (Phi) is 8.19. The number of anilines is 2. The number of carbonyl (C=O) groups is 1. The topological polar surface area (TPSA) is 119 Å². The zero-order chi connectivity index (χ0) is 26.6. The summed E-state index contributed by atoms with van der Waals surface area (Å²) in [5.41, 5.74) is 7.03. The summed E-state index contributed by atoms with van der Waals surface area (Å²) in [5, 5.41) is 0. The molecule has 0 unspecified atom stereocenters. The number of ether oxygens (including phenoxy) is 1. The fourth-order valence-corrected chi connectivity index (χ4v) is 5.11. The van der Waals surface area contributed by atoms with Gasteiger partial charge in [0, 0.05) is 39.3 Å². The van der Waals surface area contributed by atoms with Crippen molar-refractivity contribution in [3.05, 3.63) is 30.1 Å². The van der Waals surface area contributed by atoms with Gasteiger partial charge in [0.05, 0.1) is 30.3 Å². The van der Waals surface area contributed by atoms with Gasteiger partial charge in [-0.3, -0.25) is 9.36 Å². The lowest BCUT2D eigenvalue weighted by Gasteiger charge is -2.36. The van der Waals surface area contributed by atoms with E-state index in [0.29, 0.717) is 81.8 Å². The second-order valence-electron chi connectivity index (χ2n) is 9.13. The lowest BCUT2D eigenvalue weighted by Crippen LogP contribution is -2.53. The maximum absolute atomic E-state index is 14.1. The molecule has 0 aliphatic carbocycles. The van der Waals surface area contributed by atoms with Crippen molar-refractivity contribution < 1.29 is 18.3 Å². The summed E-state index contributed by atoms with van der Waals surface area (Å²) in [6, 6.07) is 6.40. The summed E-state index contributed by atoms with van der Waals surface area (Å²) < 4.78 is 34.9. The Balaban J connectivity index is 1.47. The first-order valence-corrected chi connectivity index (χ1v) is 14.0. The summed E-state index contributed by atoms with van der Waals surface area (Å²) in [5.74, 6) is 1.19. The molecule has 0 radical (unpaired) electrons.